The molecule has 1 aromatic heterocycles. The van der Waals surface area contributed by atoms with E-state index in [1.807, 2.05) is 0 Å². The van der Waals surface area contributed by atoms with Gasteiger partial charge in [-0.05, 0) is 50.1 Å². The molecule has 0 unspecified atom stereocenters. The van der Waals surface area contributed by atoms with Gasteiger partial charge in [0.1, 0.15) is 16.0 Å². The Bertz CT molecular complexity index is 659. The predicted octanol–water partition coefficient (Wildman–Crippen LogP) is 3.85. The van der Waals surface area contributed by atoms with Crippen LogP contribution in [0.5, 0.6) is 11.5 Å². The van der Waals surface area contributed by atoms with Crippen LogP contribution < -0.4 is 9.47 Å². The Morgan fingerprint density at radius 2 is 1.90 bits per heavy atom. The molecule has 104 valence electrons. The zero-order valence-corrected chi connectivity index (χ0v) is 14.0. The second-order valence-electron chi connectivity index (χ2n) is 3.88. The lowest BCUT2D eigenvalue weighted by molar-refractivity contribution is 0.103. The van der Waals surface area contributed by atoms with Crippen molar-refractivity contribution >= 4 is 37.6 Å². The molecule has 2 aromatic rings. The molecule has 0 saturated heterocycles. The van der Waals surface area contributed by atoms with E-state index in [-0.39, 0.29) is 5.78 Å². The van der Waals surface area contributed by atoms with Crippen LogP contribution in [0.3, 0.4) is 0 Å². The molecular weight excluding hydrogens is 390 g/mol. The minimum Gasteiger partial charge on any atom is -0.495 e. The van der Waals surface area contributed by atoms with Crippen molar-refractivity contribution in [1.29, 1.82) is 0 Å². The van der Waals surface area contributed by atoms with Crippen molar-refractivity contribution in [2.45, 2.75) is 0 Å². The Labute approximate surface area is 133 Å². The molecule has 1 heterocycles. The number of nitrogens with zero attached hydrogens (tertiary/aromatic N) is 1. The van der Waals surface area contributed by atoms with E-state index >= 15 is 0 Å². The van der Waals surface area contributed by atoms with Crippen LogP contribution in [0.25, 0.3) is 0 Å². The molecule has 0 radical (unpaired) electrons. The highest BCUT2D eigenvalue weighted by Crippen LogP contribution is 2.38. The number of pyridine rings is 1. The van der Waals surface area contributed by atoms with Crippen molar-refractivity contribution in [3.63, 3.8) is 0 Å². The molecular formula is C14H11Br2NO3. The average molecular weight is 401 g/mol. The molecule has 0 saturated carbocycles. The van der Waals surface area contributed by atoms with Gasteiger partial charge < -0.3 is 9.47 Å². The lowest BCUT2D eigenvalue weighted by atomic mass is 10.0. The van der Waals surface area contributed by atoms with Gasteiger partial charge in [-0.15, -0.1) is 0 Å². The number of ether oxygens (including phenoxy) is 2. The molecule has 0 aliphatic carbocycles. The normalized spacial score (nSPS) is 10.2. The summed E-state index contributed by atoms with van der Waals surface area (Å²) in [6.07, 6.45) is 3.14. The molecule has 0 N–H and O–H groups in total. The van der Waals surface area contributed by atoms with Crippen molar-refractivity contribution < 1.29 is 14.3 Å². The van der Waals surface area contributed by atoms with Crippen molar-refractivity contribution in [1.82, 2.24) is 4.98 Å². The highest BCUT2D eigenvalue weighted by molar-refractivity contribution is 9.11. The Morgan fingerprint density at radius 3 is 2.50 bits per heavy atom. The number of halogens is 2. The highest BCUT2D eigenvalue weighted by atomic mass is 79.9. The summed E-state index contributed by atoms with van der Waals surface area (Å²) in [6.45, 7) is 0. The zero-order chi connectivity index (χ0) is 14.7. The predicted molar refractivity (Wildman–Crippen MR) is 82.6 cm³/mol. The van der Waals surface area contributed by atoms with Gasteiger partial charge in [0.25, 0.3) is 0 Å². The standard InChI is InChI=1S/C14H11Br2NO3/c1-19-11-4-3-10(14(20-2)12(11)16)13(18)8-5-9(15)7-17-6-8/h3-7H,1-2H3. The molecule has 0 spiro atoms. The third kappa shape index (κ3) is 2.86. The fraction of sp³-hybridized carbons (Fsp3) is 0.143. The molecule has 4 nitrogen and oxygen atoms in total. The van der Waals surface area contributed by atoms with Crippen molar-refractivity contribution in [3.8, 4) is 11.5 Å². The summed E-state index contributed by atoms with van der Waals surface area (Å²) in [6, 6.07) is 5.10. The molecule has 2 rings (SSSR count). The number of methoxy groups -OCH3 is 2. The van der Waals surface area contributed by atoms with E-state index in [2.05, 4.69) is 36.8 Å². The minimum atomic E-state index is -0.168. The summed E-state index contributed by atoms with van der Waals surface area (Å²) >= 11 is 6.68. The summed E-state index contributed by atoms with van der Waals surface area (Å²) in [5.41, 5.74) is 0.926. The number of rotatable bonds is 4. The van der Waals surface area contributed by atoms with E-state index in [9.17, 15) is 4.79 Å². The summed E-state index contributed by atoms with van der Waals surface area (Å²) in [5.74, 6) is 0.874. The zero-order valence-electron chi connectivity index (χ0n) is 10.8. The molecule has 6 heteroatoms. The monoisotopic (exact) mass is 399 g/mol. The largest absolute Gasteiger partial charge is 0.495 e. The lowest BCUT2D eigenvalue weighted by Gasteiger charge is -2.12. The van der Waals surface area contributed by atoms with Crippen LogP contribution in [0.1, 0.15) is 15.9 Å². The number of carbonyl (C=O) groups excluding carboxylic acids is 1. The van der Waals surface area contributed by atoms with Crippen LogP contribution in [0, 0.1) is 0 Å². The van der Waals surface area contributed by atoms with Gasteiger partial charge in [-0.2, -0.15) is 0 Å². The number of ketones is 1. The quantitative estimate of drug-likeness (QED) is 0.731. The Balaban J connectivity index is 2.52. The van der Waals surface area contributed by atoms with Gasteiger partial charge in [0.2, 0.25) is 0 Å². The summed E-state index contributed by atoms with van der Waals surface area (Å²) in [5, 5.41) is 0. The molecule has 1 aromatic carbocycles. The second kappa shape index (κ2) is 6.37. The van der Waals surface area contributed by atoms with Crippen molar-refractivity contribution in [3.05, 3.63) is 50.7 Å². The third-order valence-corrected chi connectivity index (χ3v) is 3.88. The van der Waals surface area contributed by atoms with Gasteiger partial charge in [-0.25, -0.2) is 0 Å². The van der Waals surface area contributed by atoms with Gasteiger partial charge in [-0.1, -0.05) is 0 Å². The fourth-order valence-electron chi connectivity index (χ4n) is 1.77. The third-order valence-electron chi connectivity index (χ3n) is 2.70. The van der Waals surface area contributed by atoms with Crippen LogP contribution in [0.2, 0.25) is 0 Å². The Kier molecular flexibility index (Phi) is 4.77. The van der Waals surface area contributed by atoms with Crippen LogP contribution in [-0.2, 0) is 0 Å². The first kappa shape index (κ1) is 15.0. The van der Waals surface area contributed by atoms with Crippen molar-refractivity contribution in [2.75, 3.05) is 14.2 Å². The molecule has 0 fully saturated rings. The maximum absolute atomic E-state index is 12.5. The molecule has 0 amide bonds. The van der Waals surface area contributed by atoms with Crippen LogP contribution >= 0.6 is 31.9 Å². The number of carbonyl (C=O) groups is 1. The molecule has 0 aliphatic rings. The van der Waals surface area contributed by atoms with E-state index in [1.165, 1.54) is 13.3 Å². The lowest BCUT2D eigenvalue weighted by Crippen LogP contribution is -2.05. The van der Waals surface area contributed by atoms with E-state index < -0.39 is 0 Å². The molecule has 0 bridgehead atoms. The van der Waals surface area contributed by atoms with Gasteiger partial charge in [-0.3, -0.25) is 9.78 Å². The number of aromatic nitrogens is 1. The number of hydrogen-bond donors (Lipinski definition) is 0. The summed E-state index contributed by atoms with van der Waals surface area (Å²) < 4.78 is 11.9. The second-order valence-corrected chi connectivity index (χ2v) is 5.59. The van der Waals surface area contributed by atoms with Gasteiger partial charge in [0.05, 0.1) is 19.8 Å². The van der Waals surface area contributed by atoms with E-state index in [0.29, 0.717) is 27.1 Å². The molecule has 20 heavy (non-hydrogen) atoms. The van der Waals surface area contributed by atoms with E-state index in [4.69, 9.17) is 9.47 Å². The van der Waals surface area contributed by atoms with E-state index in [0.717, 1.165) is 4.47 Å². The highest BCUT2D eigenvalue weighted by Gasteiger charge is 2.19. The Hall–Kier alpha value is -1.40. The van der Waals surface area contributed by atoms with Crippen LogP contribution in [0.15, 0.2) is 39.5 Å². The first-order chi connectivity index (χ1) is 9.58. The van der Waals surface area contributed by atoms with Crippen LogP contribution in [-0.4, -0.2) is 25.0 Å². The number of benzene rings is 1. The maximum atomic E-state index is 12.5. The van der Waals surface area contributed by atoms with Gasteiger partial charge >= 0.3 is 0 Å². The molecule has 0 aliphatic heterocycles. The number of hydrogen-bond acceptors (Lipinski definition) is 4. The SMILES string of the molecule is COc1ccc(C(=O)c2cncc(Br)c2)c(OC)c1Br. The Morgan fingerprint density at radius 1 is 1.15 bits per heavy atom. The maximum Gasteiger partial charge on any atom is 0.198 e. The summed E-state index contributed by atoms with van der Waals surface area (Å²) in [4.78, 5) is 16.5. The minimum absolute atomic E-state index is 0.168. The van der Waals surface area contributed by atoms with Gasteiger partial charge in [0, 0.05) is 22.4 Å². The molecule has 0 atom stereocenters. The van der Waals surface area contributed by atoms with Gasteiger partial charge in [0.15, 0.2) is 5.78 Å². The first-order valence-electron chi connectivity index (χ1n) is 5.64. The van der Waals surface area contributed by atoms with Crippen molar-refractivity contribution in [2.24, 2.45) is 0 Å². The van der Waals surface area contributed by atoms with Crippen LogP contribution in [0.4, 0.5) is 0 Å². The average Bonchev–Trinajstić information content (AvgIpc) is 2.46. The fourth-order valence-corrected chi connectivity index (χ4v) is 2.80. The topological polar surface area (TPSA) is 48.4 Å². The smallest absolute Gasteiger partial charge is 0.198 e. The first-order valence-corrected chi connectivity index (χ1v) is 7.22. The summed E-state index contributed by atoms with van der Waals surface area (Å²) in [7, 11) is 3.06. The van der Waals surface area contributed by atoms with E-state index in [1.54, 1.807) is 31.5 Å².